The van der Waals surface area contributed by atoms with Crippen molar-refractivity contribution in [1.29, 1.82) is 0 Å². The first-order valence-corrected chi connectivity index (χ1v) is 22.3. The Morgan fingerprint density at radius 3 is 0.778 bits per heavy atom. The molecule has 240 valence electrons. The molecule has 0 aliphatic heterocycles. The van der Waals surface area contributed by atoms with E-state index in [9.17, 15) is 0 Å². The summed E-state index contributed by atoms with van der Waals surface area (Å²) in [5, 5.41) is 0. The summed E-state index contributed by atoms with van der Waals surface area (Å²) in [6.07, 6.45) is 0. The molecule has 0 bridgehead atoms. The van der Waals surface area contributed by atoms with E-state index in [1.807, 2.05) is 60.7 Å². The molecule has 0 saturated heterocycles. The maximum absolute atomic E-state index is 2.90. The quantitative estimate of drug-likeness (QED) is 0.155. The van der Waals surface area contributed by atoms with Crippen LogP contribution in [-0.4, -0.2) is 56.3 Å². The van der Waals surface area contributed by atoms with Gasteiger partial charge in [-0.15, -0.1) is 0 Å². The fourth-order valence-electron chi connectivity index (χ4n) is 5.17. The standard InChI is InChI=1S/2C15H23.2C6H5Se.Pb/c2*1-10(2)13-7-14(11(3)4)9-15(8-13)12(5)6;2*7-6-4-2-1-3-5-6;/h2*7-8,10-12H,1-6H3;2*1-5H;. The molecule has 4 aromatic rings. The van der Waals surface area contributed by atoms with Crippen LogP contribution in [0.5, 0.6) is 0 Å². The number of benzene rings is 4. The fourth-order valence-corrected chi connectivity index (χ4v) is 14.7. The van der Waals surface area contributed by atoms with Gasteiger partial charge in [-0.25, -0.2) is 0 Å². The van der Waals surface area contributed by atoms with E-state index < -0.39 is 24.2 Å². The average molecular weight is 926 g/mol. The molecule has 0 aromatic heterocycles. The van der Waals surface area contributed by atoms with Gasteiger partial charge < -0.3 is 0 Å². The van der Waals surface area contributed by atoms with Crippen molar-refractivity contribution < 1.29 is 0 Å². The van der Waals surface area contributed by atoms with Gasteiger partial charge in [-0.3, -0.25) is 0 Å². The Labute approximate surface area is 305 Å². The molecule has 0 fully saturated rings. The van der Waals surface area contributed by atoms with Crippen LogP contribution in [0.3, 0.4) is 0 Å². The molecular formula is C42H56PbSe2. The van der Waals surface area contributed by atoms with Crippen molar-refractivity contribution in [3.8, 4) is 0 Å². The Kier molecular flexibility index (Phi) is 17.4. The van der Waals surface area contributed by atoms with Crippen molar-refractivity contribution >= 4 is 71.4 Å². The molecule has 4 aromatic carbocycles. The van der Waals surface area contributed by atoms with E-state index in [2.05, 4.69) is 139 Å². The molecule has 0 heterocycles. The van der Waals surface area contributed by atoms with Gasteiger partial charge in [0.25, 0.3) is 0 Å². The van der Waals surface area contributed by atoms with Crippen LogP contribution in [0.2, 0.25) is 0 Å². The van der Waals surface area contributed by atoms with E-state index in [-0.39, 0.29) is 0 Å². The SMILES string of the molecule is CC(C)c1cc(C(C)C)[c]([Pb][c]2c(C(C)C)cc(C(C)C)cc2C(C)C)c(C(C)C)c1.[Se]c1ccccc1.[Se]c1ccccc1. The van der Waals surface area contributed by atoms with Crippen molar-refractivity contribution in [2.45, 2.75) is 119 Å². The minimum absolute atomic E-state index is 0.582. The summed E-state index contributed by atoms with van der Waals surface area (Å²) in [6.45, 7) is 28.5. The summed E-state index contributed by atoms with van der Waals surface area (Å²) < 4.78 is 5.94. The van der Waals surface area contributed by atoms with Crippen molar-refractivity contribution in [3.05, 3.63) is 118 Å². The van der Waals surface area contributed by atoms with Crippen LogP contribution in [0.1, 0.15) is 152 Å². The summed E-state index contributed by atoms with van der Waals surface area (Å²) >= 11 is 4.54. The van der Waals surface area contributed by atoms with Gasteiger partial charge in [0.1, 0.15) is 0 Å². The molecule has 3 heteroatoms. The molecule has 0 amide bonds. The predicted octanol–water partition coefficient (Wildman–Crippen LogP) is 9.04. The van der Waals surface area contributed by atoms with Crippen molar-refractivity contribution in [2.24, 2.45) is 0 Å². The second kappa shape index (κ2) is 19.6. The van der Waals surface area contributed by atoms with Gasteiger partial charge in [-0.1, -0.05) is 0 Å². The first kappa shape index (κ1) is 40.0. The number of rotatable bonds is 8. The molecule has 0 nitrogen and oxygen atoms in total. The van der Waals surface area contributed by atoms with Gasteiger partial charge in [0.15, 0.2) is 0 Å². The Balaban J connectivity index is 0.000000407. The second-order valence-electron chi connectivity index (χ2n) is 13.8. The zero-order valence-electron chi connectivity index (χ0n) is 29.9. The summed E-state index contributed by atoms with van der Waals surface area (Å²) in [5.74, 6) is 3.50. The van der Waals surface area contributed by atoms with Gasteiger partial charge in [-0.2, -0.15) is 0 Å². The molecule has 45 heavy (non-hydrogen) atoms. The maximum atomic E-state index is 2.90. The summed E-state index contributed by atoms with van der Waals surface area (Å²) in [5.41, 5.74) is 9.57. The monoisotopic (exact) mass is 928 g/mol. The summed E-state index contributed by atoms with van der Waals surface area (Å²) in [4.78, 5) is 0. The zero-order chi connectivity index (χ0) is 33.8. The van der Waals surface area contributed by atoms with Crippen molar-refractivity contribution in [1.82, 2.24) is 0 Å². The van der Waals surface area contributed by atoms with E-state index in [1.165, 1.54) is 20.1 Å². The molecule has 0 atom stereocenters. The molecular weight excluding hydrogens is 870 g/mol. The van der Waals surface area contributed by atoms with Crippen LogP contribution in [0.4, 0.5) is 0 Å². The summed E-state index contributed by atoms with van der Waals surface area (Å²) in [6, 6.07) is 30.3. The Morgan fingerprint density at radius 2 is 0.622 bits per heavy atom. The third-order valence-electron chi connectivity index (χ3n) is 8.00. The van der Waals surface area contributed by atoms with E-state index >= 15 is 0 Å². The molecule has 0 unspecified atom stereocenters. The van der Waals surface area contributed by atoms with Crippen molar-refractivity contribution in [2.75, 3.05) is 0 Å². The average Bonchev–Trinajstić information content (AvgIpc) is 2.97. The number of hydrogen-bond donors (Lipinski definition) is 0. The van der Waals surface area contributed by atoms with Crippen LogP contribution in [0.25, 0.3) is 0 Å². The Morgan fingerprint density at radius 1 is 0.378 bits per heavy atom. The molecule has 0 aliphatic carbocycles. The molecule has 4 radical (unpaired) electrons. The van der Waals surface area contributed by atoms with Crippen molar-refractivity contribution in [3.63, 3.8) is 0 Å². The Bertz CT molecular complexity index is 1270. The zero-order valence-corrected chi connectivity index (χ0v) is 37.2. The van der Waals surface area contributed by atoms with Crippen LogP contribution in [0, 0.1) is 0 Å². The molecule has 0 N–H and O–H groups in total. The molecule has 4 rings (SSSR count). The fraction of sp³-hybridized carbons (Fsp3) is 0.429. The van der Waals surface area contributed by atoms with Gasteiger partial charge in [0.2, 0.25) is 0 Å². The van der Waals surface area contributed by atoms with Gasteiger partial charge in [0, 0.05) is 0 Å². The topological polar surface area (TPSA) is 0 Å². The van der Waals surface area contributed by atoms with E-state index in [1.54, 1.807) is 28.5 Å². The third kappa shape index (κ3) is 12.8. The molecule has 0 spiro atoms. The first-order chi connectivity index (χ1) is 21.1. The van der Waals surface area contributed by atoms with Gasteiger partial charge in [0.05, 0.1) is 0 Å². The minimum atomic E-state index is -1.26. The molecule has 0 saturated carbocycles. The van der Waals surface area contributed by atoms with E-state index in [4.69, 9.17) is 0 Å². The Hall–Kier alpha value is -1.16. The summed E-state index contributed by atoms with van der Waals surface area (Å²) in [7, 11) is 0. The molecule has 0 aliphatic rings. The number of hydrogen-bond acceptors (Lipinski definition) is 0. The van der Waals surface area contributed by atoms with Gasteiger partial charge >= 0.3 is 308 Å². The third-order valence-corrected chi connectivity index (χ3v) is 15.6. The normalized spacial score (nSPS) is 11.2. The predicted molar refractivity (Wildman–Crippen MR) is 206 cm³/mol. The van der Waals surface area contributed by atoms with Crippen LogP contribution in [0.15, 0.2) is 84.9 Å². The van der Waals surface area contributed by atoms with Crippen LogP contribution < -0.4 is 15.2 Å². The first-order valence-electron chi connectivity index (χ1n) is 16.7. The second-order valence-corrected chi connectivity index (χ2v) is 20.7. The van der Waals surface area contributed by atoms with Crippen LogP contribution in [-0.2, 0) is 0 Å². The van der Waals surface area contributed by atoms with E-state index in [0.717, 1.165) is 0 Å². The van der Waals surface area contributed by atoms with E-state index in [0.29, 0.717) is 35.5 Å². The van der Waals surface area contributed by atoms with Crippen LogP contribution >= 0.6 is 0 Å². The van der Waals surface area contributed by atoms with Gasteiger partial charge in [-0.05, 0) is 0 Å².